The molecule has 0 atom stereocenters. The van der Waals surface area contributed by atoms with Crippen LogP contribution in [0.1, 0.15) is 19.2 Å². The highest BCUT2D eigenvalue weighted by Gasteiger charge is 2.11. The van der Waals surface area contributed by atoms with E-state index in [0.717, 1.165) is 35.6 Å². The summed E-state index contributed by atoms with van der Waals surface area (Å²) in [7, 11) is 0. The fourth-order valence-corrected chi connectivity index (χ4v) is 3.49. The highest BCUT2D eigenvalue weighted by atomic mass is 16.5. The first-order chi connectivity index (χ1) is 14.6. The van der Waals surface area contributed by atoms with Crippen LogP contribution >= 0.6 is 0 Å². The van der Waals surface area contributed by atoms with Gasteiger partial charge in [-0.05, 0) is 48.4 Å². The number of amides is 1. The third kappa shape index (κ3) is 4.35. The molecule has 1 N–H and O–H groups in total. The van der Waals surface area contributed by atoms with Gasteiger partial charge in [0.25, 0.3) is 0 Å². The van der Waals surface area contributed by atoms with Crippen LogP contribution in [-0.2, 0) is 17.9 Å². The third-order valence-electron chi connectivity index (χ3n) is 5.04. The monoisotopic (exact) mass is 399 g/mol. The molecule has 152 valence electrons. The Bertz CT molecular complexity index is 1210. The van der Waals surface area contributed by atoms with Gasteiger partial charge in [-0.2, -0.15) is 0 Å². The minimum Gasteiger partial charge on any atom is -0.494 e. The van der Waals surface area contributed by atoms with E-state index in [0.29, 0.717) is 18.7 Å². The number of rotatable bonds is 8. The number of hydrogen-bond acceptors (Lipinski definition) is 3. The van der Waals surface area contributed by atoms with Crippen LogP contribution < -0.4 is 10.1 Å². The van der Waals surface area contributed by atoms with Crippen LogP contribution in [0.5, 0.6) is 5.75 Å². The summed E-state index contributed by atoms with van der Waals surface area (Å²) >= 11 is 0. The molecule has 0 spiro atoms. The number of benzene rings is 3. The SMILES string of the molecule is C=C(C)C(=O)NCc1nc2ccccc2n1CCCOc1ccc2ccccc2c1. The predicted molar refractivity (Wildman–Crippen MR) is 120 cm³/mol. The van der Waals surface area contributed by atoms with E-state index in [4.69, 9.17) is 9.72 Å². The summed E-state index contributed by atoms with van der Waals surface area (Å²) in [5, 5.41) is 5.26. The summed E-state index contributed by atoms with van der Waals surface area (Å²) in [6.45, 7) is 7.10. The van der Waals surface area contributed by atoms with Crippen molar-refractivity contribution in [2.45, 2.75) is 26.4 Å². The first kappa shape index (κ1) is 19.7. The summed E-state index contributed by atoms with van der Waals surface area (Å²) in [5.41, 5.74) is 2.47. The Kier molecular flexibility index (Phi) is 5.80. The van der Waals surface area contributed by atoms with Crippen LogP contribution in [0.2, 0.25) is 0 Å². The molecule has 0 aliphatic heterocycles. The van der Waals surface area contributed by atoms with Crippen molar-refractivity contribution in [3.8, 4) is 5.75 Å². The molecule has 5 nitrogen and oxygen atoms in total. The number of aromatic nitrogens is 2. The molecular weight excluding hydrogens is 374 g/mol. The summed E-state index contributed by atoms with van der Waals surface area (Å²) < 4.78 is 8.13. The number of para-hydroxylation sites is 2. The molecule has 4 aromatic rings. The molecule has 0 bridgehead atoms. The minimum absolute atomic E-state index is 0.159. The lowest BCUT2D eigenvalue weighted by Crippen LogP contribution is -2.25. The van der Waals surface area contributed by atoms with Crippen molar-refractivity contribution in [3.63, 3.8) is 0 Å². The van der Waals surface area contributed by atoms with Gasteiger partial charge in [0.2, 0.25) is 5.91 Å². The minimum atomic E-state index is -0.159. The predicted octanol–water partition coefficient (Wildman–Crippen LogP) is 4.85. The number of carbonyl (C=O) groups excluding carboxylic acids is 1. The number of aryl methyl sites for hydroxylation is 1. The standard InChI is InChI=1S/C25H25N3O2/c1-18(2)25(29)26-17-24-27-22-10-5-6-11-23(22)28(24)14-7-15-30-21-13-12-19-8-3-4-9-20(19)16-21/h3-6,8-13,16H,1,7,14-15,17H2,2H3,(H,26,29). The summed E-state index contributed by atoms with van der Waals surface area (Å²) in [4.78, 5) is 16.6. The van der Waals surface area contributed by atoms with E-state index in [-0.39, 0.29) is 5.91 Å². The Morgan fingerprint density at radius 2 is 1.83 bits per heavy atom. The molecule has 0 saturated carbocycles. The van der Waals surface area contributed by atoms with Gasteiger partial charge in [-0.15, -0.1) is 0 Å². The lowest BCUT2D eigenvalue weighted by Gasteiger charge is -2.11. The average molecular weight is 399 g/mol. The average Bonchev–Trinajstić information content (AvgIpc) is 3.12. The molecule has 0 aliphatic rings. The molecule has 4 rings (SSSR count). The van der Waals surface area contributed by atoms with Gasteiger partial charge >= 0.3 is 0 Å². The molecule has 3 aromatic carbocycles. The highest BCUT2D eigenvalue weighted by Crippen LogP contribution is 2.21. The van der Waals surface area contributed by atoms with Crippen molar-refractivity contribution in [1.29, 1.82) is 0 Å². The number of ether oxygens (including phenoxy) is 1. The maximum atomic E-state index is 11.9. The zero-order chi connectivity index (χ0) is 20.9. The zero-order valence-electron chi connectivity index (χ0n) is 17.1. The largest absolute Gasteiger partial charge is 0.494 e. The highest BCUT2D eigenvalue weighted by molar-refractivity contribution is 5.92. The second-order valence-corrected chi connectivity index (χ2v) is 7.34. The van der Waals surface area contributed by atoms with Gasteiger partial charge in [-0.3, -0.25) is 4.79 Å². The molecule has 0 saturated heterocycles. The fraction of sp³-hybridized carbons (Fsp3) is 0.200. The van der Waals surface area contributed by atoms with E-state index >= 15 is 0 Å². The Morgan fingerprint density at radius 1 is 1.07 bits per heavy atom. The van der Waals surface area contributed by atoms with Gasteiger partial charge in [0.1, 0.15) is 11.6 Å². The van der Waals surface area contributed by atoms with Crippen molar-refractivity contribution >= 4 is 27.7 Å². The van der Waals surface area contributed by atoms with E-state index in [1.165, 1.54) is 10.8 Å². The number of fused-ring (bicyclic) bond motifs is 2. The maximum Gasteiger partial charge on any atom is 0.246 e. The van der Waals surface area contributed by atoms with Crippen molar-refractivity contribution < 1.29 is 9.53 Å². The zero-order valence-corrected chi connectivity index (χ0v) is 17.1. The molecule has 0 unspecified atom stereocenters. The Morgan fingerprint density at radius 3 is 2.67 bits per heavy atom. The molecule has 0 aliphatic carbocycles. The molecule has 0 fully saturated rings. The van der Waals surface area contributed by atoms with Crippen LogP contribution in [0.25, 0.3) is 21.8 Å². The van der Waals surface area contributed by atoms with Crippen LogP contribution in [0.15, 0.2) is 78.9 Å². The number of hydrogen-bond donors (Lipinski definition) is 1. The lowest BCUT2D eigenvalue weighted by molar-refractivity contribution is -0.117. The van der Waals surface area contributed by atoms with Gasteiger partial charge in [0.05, 0.1) is 24.2 Å². The van der Waals surface area contributed by atoms with Crippen LogP contribution in [0, 0.1) is 0 Å². The third-order valence-corrected chi connectivity index (χ3v) is 5.04. The summed E-state index contributed by atoms with van der Waals surface area (Å²) in [5.74, 6) is 1.54. The van der Waals surface area contributed by atoms with Gasteiger partial charge in [-0.25, -0.2) is 4.98 Å². The summed E-state index contributed by atoms with van der Waals surface area (Å²) in [6.07, 6.45) is 0.828. The Balaban J connectivity index is 1.42. The van der Waals surface area contributed by atoms with Crippen LogP contribution in [0.4, 0.5) is 0 Å². The second kappa shape index (κ2) is 8.82. The quantitative estimate of drug-likeness (QED) is 0.340. The summed E-state index contributed by atoms with van der Waals surface area (Å²) in [6, 6.07) is 22.4. The van der Waals surface area contributed by atoms with Crippen LogP contribution in [-0.4, -0.2) is 22.1 Å². The number of carbonyl (C=O) groups is 1. The van der Waals surface area contributed by atoms with Gasteiger partial charge in [-0.1, -0.05) is 49.0 Å². The van der Waals surface area contributed by atoms with Crippen LogP contribution in [0.3, 0.4) is 0 Å². The number of nitrogens with zero attached hydrogens (tertiary/aromatic N) is 2. The second-order valence-electron chi connectivity index (χ2n) is 7.34. The molecule has 5 heteroatoms. The van der Waals surface area contributed by atoms with E-state index in [9.17, 15) is 4.79 Å². The molecule has 30 heavy (non-hydrogen) atoms. The Hall–Kier alpha value is -3.60. The molecule has 0 radical (unpaired) electrons. The normalized spacial score (nSPS) is 11.0. The smallest absolute Gasteiger partial charge is 0.246 e. The van der Waals surface area contributed by atoms with Gasteiger partial charge < -0.3 is 14.6 Å². The van der Waals surface area contributed by atoms with Crippen molar-refractivity contribution in [2.75, 3.05) is 6.61 Å². The first-order valence-corrected chi connectivity index (χ1v) is 10.1. The molecular formula is C25H25N3O2. The first-order valence-electron chi connectivity index (χ1n) is 10.1. The maximum absolute atomic E-state index is 11.9. The van der Waals surface area contributed by atoms with E-state index in [1.54, 1.807) is 6.92 Å². The molecule has 1 aromatic heterocycles. The molecule has 1 amide bonds. The lowest BCUT2D eigenvalue weighted by atomic mass is 10.1. The van der Waals surface area contributed by atoms with E-state index in [2.05, 4.69) is 46.8 Å². The number of nitrogens with one attached hydrogen (secondary N) is 1. The van der Waals surface area contributed by atoms with Crippen molar-refractivity contribution in [2.24, 2.45) is 0 Å². The van der Waals surface area contributed by atoms with E-state index in [1.807, 2.05) is 36.4 Å². The van der Waals surface area contributed by atoms with Gasteiger partial charge in [0, 0.05) is 12.1 Å². The Labute approximate surface area is 176 Å². The fourth-order valence-electron chi connectivity index (χ4n) is 3.49. The van der Waals surface area contributed by atoms with Gasteiger partial charge in [0.15, 0.2) is 0 Å². The number of imidazole rings is 1. The van der Waals surface area contributed by atoms with Crippen molar-refractivity contribution in [3.05, 3.63) is 84.7 Å². The topological polar surface area (TPSA) is 56.2 Å². The van der Waals surface area contributed by atoms with Crippen molar-refractivity contribution in [1.82, 2.24) is 14.9 Å². The van der Waals surface area contributed by atoms with E-state index < -0.39 is 0 Å². The molecule has 1 heterocycles.